The fourth-order valence-electron chi connectivity index (χ4n) is 5.10. The summed E-state index contributed by atoms with van der Waals surface area (Å²) in [5.74, 6) is 0.209. The fraction of sp³-hybridized carbons (Fsp3) is 0.800. The number of rotatable bonds is 5. The van der Waals surface area contributed by atoms with Crippen molar-refractivity contribution in [3.8, 4) is 0 Å². The molecule has 0 heterocycles. The van der Waals surface area contributed by atoms with E-state index in [0.717, 1.165) is 42.4 Å². The predicted octanol–water partition coefficient (Wildman–Crippen LogP) is 0.457. The standard InChI is InChI=1S/C15H22N2O4/c16-12(18)6-17(7-13(19)20)15(21)14-10-2-8-1-9(4-10)5-11(14)3-8/h8-11,14H,1-7H2,(H2,16,18)(H,19,20). The first-order valence-electron chi connectivity index (χ1n) is 7.73. The highest BCUT2D eigenvalue weighted by atomic mass is 16.4. The SMILES string of the molecule is NC(=O)CN(CC(=O)O)C(=O)C1C2CC3CC(C2)CC1C3. The van der Waals surface area contributed by atoms with Crippen LogP contribution in [0.1, 0.15) is 32.1 Å². The maximum Gasteiger partial charge on any atom is 0.323 e. The van der Waals surface area contributed by atoms with Crippen molar-refractivity contribution in [1.29, 1.82) is 0 Å². The number of nitrogens with two attached hydrogens (primary N) is 1. The Morgan fingerprint density at radius 1 is 0.952 bits per heavy atom. The van der Waals surface area contributed by atoms with Gasteiger partial charge in [-0.2, -0.15) is 0 Å². The van der Waals surface area contributed by atoms with Gasteiger partial charge in [-0.1, -0.05) is 0 Å². The largest absolute Gasteiger partial charge is 0.480 e. The average Bonchev–Trinajstić information content (AvgIpc) is 2.35. The third kappa shape index (κ3) is 2.76. The molecule has 0 saturated heterocycles. The molecule has 4 rings (SSSR count). The predicted molar refractivity (Wildman–Crippen MR) is 73.9 cm³/mol. The molecule has 6 heteroatoms. The number of carbonyl (C=O) groups is 3. The minimum atomic E-state index is -1.10. The van der Waals surface area contributed by atoms with Crippen LogP contribution in [0.25, 0.3) is 0 Å². The van der Waals surface area contributed by atoms with E-state index >= 15 is 0 Å². The summed E-state index contributed by atoms with van der Waals surface area (Å²) < 4.78 is 0. The molecule has 0 radical (unpaired) electrons. The number of primary amides is 1. The van der Waals surface area contributed by atoms with Crippen molar-refractivity contribution in [3.63, 3.8) is 0 Å². The molecule has 6 nitrogen and oxygen atoms in total. The van der Waals surface area contributed by atoms with Crippen molar-refractivity contribution in [2.75, 3.05) is 13.1 Å². The zero-order valence-corrected chi connectivity index (χ0v) is 12.0. The Labute approximate surface area is 123 Å². The van der Waals surface area contributed by atoms with Crippen LogP contribution in [-0.2, 0) is 14.4 Å². The smallest absolute Gasteiger partial charge is 0.323 e. The monoisotopic (exact) mass is 294 g/mol. The van der Waals surface area contributed by atoms with Gasteiger partial charge in [0, 0.05) is 5.92 Å². The van der Waals surface area contributed by atoms with Gasteiger partial charge in [-0.05, 0) is 55.8 Å². The van der Waals surface area contributed by atoms with Crippen LogP contribution in [0.5, 0.6) is 0 Å². The molecular formula is C15H22N2O4. The summed E-state index contributed by atoms with van der Waals surface area (Å²) in [5.41, 5.74) is 5.16. The summed E-state index contributed by atoms with van der Waals surface area (Å²) in [6.07, 6.45) is 5.64. The molecule has 0 aliphatic heterocycles. The highest BCUT2D eigenvalue weighted by Crippen LogP contribution is 2.56. The molecule has 4 aliphatic rings. The summed E-state index contributed by atoms with van der Waals surface area (Å²) in [6, 6.07) is 0. The van der Waals surface area contributed by atoms with Crippen LogP contribution in [-0.4, -0.2) is 40.9 Å². The van der Waals surface area contributed by atoms with E-state index in [1.807, 2.05) is 0 Å². The molecule has 4 bridgehead atoms. The number of hydrogen-bond acceptors (Lipinski definition) is 3. The van der Waals surface area contributed by atoms with Crippen LogP contribution in [0, 0.1) is 29.6 Å². The van der Waals surface area contributed by atoms with Crippen LogP contribution < -0.4 is 5.73 Å². The Morgan fingerprint density at radius 3 is 1.90 bits per heavy atom. The molecule has 0 aromatic carbocycles. The zero-order valence-electron chi connectivity index (χ0n) is 12.0. The van der Waals surface area contributed by atoms with Crippen molar-refractivity contribution in [2.24, 2.45) is 35.3 Å². The van der Waals surface area contributed by atoms with Crippen molar-refractivity contribution >= 4 is 17.8 Å². The van der Waals surface area contributed by atoms with Gasteiger partial charge in [0.2, 0.25) is 11.8 Å². The minimum absolute atomic E-state index is 0.100. The summed E-state index contributed by atoms with van der Waals surface area (Å²) >= 11 is 0. The summed E-state index contributed by atoms with van der Waals surface area (Å²) in [4.78, 5) is 36.0. The third-order valence-corrected chi connectivity index (χ3v) is 5.50. The average molecular weight is 294 g/mol. The number of hydrogen-bond donors (Lipinski definition) is 2. The second-order valence-corrected chi connectivity index (χ2v) is 7.01. The minimum Gasteiger partial charge on any atom is -0.480 e. The number of amides is 2. The Kier molecular flexibility index (Phi) is 3.63. The van der Waals surface area contributed by atoms with Crippen molar-refractivity contribution in [3.05, 3.63) is 0 Å². The quantitative estimate of drug-likeness (QED) is 0.769. The molecule has 4 saturated carbocycles. The number of carboxylic acid groups (broad SMARTS) is 1. The van der Waals surface area contributed by atoms with Crippen molar-refractivity contribution in [2.45, 2.75) is 32.1 Å². The van der Waals surface area contributed by atoms with Crippen LogP contribution >= 0.6 is 0 Å². The van der Waals surface area contributed by atoms with E-state index in [0.29, 0.717) is 11.8 Å². The van der Waals surface area contributed by atoms with E-state index in [4.69, 9.17) is 10.8 Å². The van der Waals surface area contributed by atoms with Crippen molar-refractivity contribution in [1.82, 2.24) is 4.90 Å². The van der Waals surface area contributed by atoms with Gasteiger partial charge in [0.1, 0.15) is 6.54 Å². The molecule has 116 valence electrons. The maximum atomic E-state index is 12.8. The Hall–Kier alpha value is -1.59. The van der Waals surface area contributed by atoms with Gasteiger partial charge in [0.25, 0.3) is 0 Å². The van der Waals surface area contributed by atoms with Crippen LogP contribution in [0.2, 0.25) is 0 Å². The van der Waals surface area contributed by atoms with Gasteiger partial charge >= 0.3 is 5.97 Å². The number of nitrogens with zero attached hydrogens (tertiary/aromatic N) is 1. The molecule has 0 aromatic heterocycles. The maximum absolute atomic E-state index is 12.8. The van der Waals surface area contributed by atoms with Crippen LogP contribution in [0.4, 0.5) is 0 Å². The molecule has 0 spiro atoms. The topological polar surface area (TPSA) is 101 Å². The number of carbonyl (C=O) groups excluding carboxylic acids is 2. The lowest BCUT2D eigenvalue weighted by molar-refractivity contribution is -0.155. The van der Waals surface area contributed by atoms with Gasteiger partial charge in [-0.15, -0.1) is 0 Å². The summed E-state index contributed by atoms with van der Waals surface area (Å²) in [5, 5.41) is 8.95. The van der Waals surface area contributed by atoms with Gasteiger partial charge in [0.05, 0.1) is 6.54 Å². The molecular weight excluding hydrogens is 272 g/mol. The molecule has 2 amide bonds. The number of carboxylic acids is 1. The molecule has 0 atom stereocenters. The van der Waals surface area contributed by atoms with Gasteiger partial charge in [-0.3, -0.25) is 14.4 Å². The lowest BCUT2D eigenvalue weighted by atomic mass is 9.51. The van der Waals surface area contributed by atoms with E-state index in [1.165, 1.54) is 6.42 Å². The second kappa shape index (κ2) is 5.31. The number of aliphatic carboxylic acids is 1. The van der Waals surface area contributed by atoms with Gasteiger partial charge < -0.3 is 15.7 Å². The van der Waals surface area contributed by atoms with Crippen LogP contribution in [0.15, 0.2) is 0 Å². The Balaban J connectivity index is 1.76. The van der Waals surface area contributed by atoms with Crippen molar-refractivity contribution < 1.29 is 19.5 Å². The van der Waals surface area contributed by atoms with E-state index in [-0.39, 0.29) is 18.4 Å². The first-order chi connectivity index (χ1) is 9.94. The highest BCUT2D eigenvalue weighted by molar-refractivity contribution is 5.88. The molecule has 0 aromatic rings. The lowest BCUT2D eigenvalue weighted by Crippen LogP contribution is -2.53. The highest BCUT2D eigenvalue weighted by Gasteiger charge is 2.51. The lowest BCUT2D eigenvalue weighted by Gasteiger charge is -2.54. The zero-order chi connectivity index (χ0) is 15.1. The van der Waals surface area contributed by atoms with E-state index < -0.39 is 18.4 Å². The summed E-state index contributed by atoms with van der Waals surface area (Å²) in [7, 11) is 0. The molecule has 0 unspecified atom stereocenters. The Bertz CT molecular complexity index is 432. The van der Waals surface area contributed by atoms with Gasteiger partial charge in [-0.25, -0.2) is 0 Å². The third-order valence-electron chi connectivity index (χ3n) is 5.50. The fourth-order valence-corrected chi connectivity index (χ4v) is 5.10. The summed E-state index contributed by atoms with van der Waals surface area (Å²) in [6.45, 7) is -0.738. The van der Waals surface area contributed by atoms with E-state index in [9.17, 15) is 14.4 Å². The molecule has 4 aliphatic carbocycles. The molecule has 21 heavy (non-hydrogen) atoms. The molecule has 4 fully saturated rings. The van der Waals surface area contributed by atoms with Gasteiger partial charge in [0.15, 0.2) is 0 Å². The first kappa shape index (κ1) is 14.4. The second-order valence-electron chi connectivity index (χ2n) is 7.01. The van der Waals surface area contributed by atoms with E-state index in [1.54, 1.807) is 0 Å². The van der Waals surface area contributed by atoms with Crippen LogP contribution in [0.3, 0.4) is 0 Å². The first-order valence-corrected chi connectivity index (χ1v) is 7.73. The normalized spacial score (nSPS) is 36.5. The van der Waals surface area contributed by atoms with E-state index in [2.05, 4.69) is 0 Å². The Morgan fingerprint density at radius 2 is 1.48 bits per heavy atom. The molecule has 3 N–H and O–H groups in total.